The molecule has 0 spiro atoms. The third-order valence-corrected chi connectivity index (χ3v) is 3.36. The van der Waals surface area contributed by atoms with Gasteiger partial charge in [-0.15, -0.1) is 0 Å². The summed E-state index contributed by atoms with van der Waals surface area (Å²) in [7, 11) is 0. The van der Waals surface area contributed by atoms with E-state index in [2.05, 4.69) is 18.9 Å². The van der Waals surface area contributed by atoms with Crippen molar-refractivity contribution in [2.45, 2.75) is 45.8 Å². The first-order valence-electron chi connectivity index (χ1n) is 6.58. The average molecular weight is 251 g/mol. The van der Waals surface area contributed by atoms with E-state index in [9.17, 15) is 9.90 Å². The Kier molecular flexibility index (Phi) is 3.71. The van der Waals surface area contributed by atoms with Crippen molar-refractivity contribution in [1.29, 1.82) is 0 Å². The topological polar surface area (TPSA) is 58.4 Å². The first-order chi connectivity index (χ1) is 8.52. The van der Waals surface area contributed by atoms with Gasteiger partial charge in [0, 0.05) is 19.6 Å². The van der Waals surface area contributed by atoms with Crippen molar-refractivity contribution in [2.75, 3.05) is 13.1 Å². The summed E-state index contributed by atoms with van der Waals surface area (Å²) in [4.78, 5) is 14.1. The zero-order chi connectivity index (χ0) is 13.3. The van der Waals surface area contributed by atoms with E-state index in [0.717, 1.165) is 5.69 Å². The number of hydrogen-bond donors (Lipinski definition) is 1. The molecule has 0 aromatic carbocycles. The highest BCUT2D eigenvalue weighted by atomic mass is 16.3. The van der Waals surface area contributed by atoms with E-state index >= 15 is 0 Å². The minimum atomic E-state index is -0.378. The lowest BCUT2D eigenvalue weighted by Crippen LogP contribution is -2.31. The van der Waals surface area contributed by atoms with Gasteiger partial charge in [0.1, 0.15) is 5.69 Å². The molecule has 0 radical (unpaired) electrons. The molecule has 0 saturated carbocycles. The minimum absolute atomic E-state index is 0.0206. The van der Waals surface area contributed by atoms with Crippen LogP contribution in [-0.2, 0) is 6.54 Å². The fourth-order valence-electron chi connectivity index (χ4n) is 2.22. The monoisotopic (exact) mass is 251 g/mol. The fourth-order valence-corrected chi connectivity index (χ4v) is 2.22. The number of aliphatic hydroxyl groups is 1. The van der Waals surface area contributed by atoms with Gasteiger partial charge in [-0.2, -0.15) is 5.10 Å². The quantitative estimate of drug-likeness (QED) is 0.879. The molecule has 0 unspecified atom stereocenters. The maximum absolute atomic E-state index is 12.4. The third kappa shape index (κ3) is 2.41. The normalized spacial score (nSPS) is 19.8. The molecule has 1 aliphatic heterocycles. The van der Waals surface area contributed by atoms with Crippen LogP contribution in [0, 0.1) is 0 Å². The Balaban J connectivity index is 2.23. The zero-order valence-electron chi connectivity index (χ0n) is 11.3. The van der Waals surface area contributed by atoms with Crippen molar-refractivity contribution in [3.63, 3.8) is 0 Å². The van der Waals surface area contributed by atoms with E-state index in [1.807, 2.05) is 13.0 Å². The standard InChI is InChI=1S/C13H21N3O2/c1-4-16-12(7-11(14-16)9(2)3)13(18)15-6-5-10(17)8-15/h7,9-10,17H,4-6,8H2,1-3H3/t10-/m1/s1. The summed E-state index contributed by atoms with van der Waals surface area (Å²) in [5.74, 6) is 0.293. The van der Waals surface area contributed by atoms with Gasteiger partial charge in [0.25, 0.3) is 5.91 Å². The lowest BCUT2D eigenvalue weighted by Gasteiger charge is -2.15. The molecule has 18 heavy (non-hydrogen) atoms. The van der Waals surface area contributed by atoms with Gasteiger partial charge < -0.3 is 10.0 Å². The van der Waals surface area contributed by atoms with E-state index in [-0.39, 0.29) is 12.0 Å². The Morgan fingerprint density at radius 1 is 1.61 bits per heavy atom. The van der Waals surface area contributed by atoms with Gasteiger partial charge in [-0.1, -0.05) is 13.8 Å². The Morgan fingerprint density at radius 3 is 2.83 bits per heavy atom. The number of hydrogen-bond acceptors (Lipinski definition) is 3. The van der Waals surface area contributed by atoms with Crippen LogP contribution in [0.1, 0.15) is 49.3 Å². The first-order valence-corrected chi connectivity index (χ1v) is 6.58. The highest BCUT2D eigenvalue weighted by molar-refractivity contribution is 5.93. The van der Waals surface area contributed by atoms with E-state index in [0.29, 0.717) is 37.7 Å². The number of likely N-dealkylation sites (tertiary alicyclic amines) is 1. The molecule has 1 fully saturated rings. The van der Waals surface area contributed by atoms with Crippen LogP contribution in [0.5, 0.6) is 0 Å². The first kappa shape index (κ1) is 13.1. The Morgan fingerprint density at radius 2 is 2.33 bits per heavy atom. The molecule has 1 amide bonds. The van der Waals surface area contributed by atoms with E-state index in [1.165, 1.54) is 0 Å². The van der Waals surface area contributed by atoms with Crippen LogP contribution < -0.4 is 0 Å². The number of aliphatic hydroxyl groups excluding tert-OH is 1. The van der Waals surface area contributed by atoms with Gasteiger partial charge in [0.2, 0.25) is 0 Å². The smallest absolute Gasteiger partial charge is 0.272 e. The SMILES string of the molecule is CCn1nc(C(C)C)cc1C(=O)N1CC[C@@H](O)C1. The fraction of sp³-hybridized carbons (Fsp3) is 0.692. The predicted molar refractivity (Wildman–Crippen MR) is 68.5 cm³/mol. The molecule has 100 valence electrons. The van der Waals surface area contributed by atoms with E-state index in [1.54, 1.807) is 9.58 Å². The average Bonchev–Trinajstić information content (AvgIpc) is 2.93. The van der Waals surface area contributed by atoms with Crippen LogP contribution in [0.25, 0.3) is 0 Å². The van der Waals surface area contributed by atoms with Gasteiger partial charge in [0.15, 0.2) is 0 Å². The molecule has 1 N–H and O–H groups in total. The van der Waals surface area contributed by atoms with Crippen molar-refractivity contribution in [2.24, 2.45) is 0 Å². The number of nitrogens with zero attached hydrogens (tertiary/aromatic N) is 3. The minimum Gasteiger partial charge on any atom is -0.391 e. The Hall–Kier alpha value is -1.36. The lowest BCUT2D eigenvalue weighted by molar-refractivity contribution is 0.0753. The van der Waals surface area contributed by atoms with Crippen LogP contribution in [-0.4, -0.2) is 44.9 Å². The second kappa shape index (κ2) is 5.10. The number of β-amino-alcohol motifs (C(OH)–C–C–N with tert-alkyl or cyclic N) is 1. The summed E-state index contributed by atoms with van der Waals surface area (Å²) < 4.78 is 1.75. The summed E-state index contributed by atoms with van der Waals surface area (Å²) in [6, 6.07) is 1.88. The second-order valence-corrected chi connectivity index (χ2v) is 5.12. The maximum atomic E-state index is 12.4. The number of amides is 1. The summed E-state index contributed by atoms with van der Waals surface area (Å²) in [5, 5.41) is 13.9. The van der Waals surface area contributed by atoms with Crippen molar-refractivity contribution in [1.82, 2.24) is 14.7 Å². The molecule has 1 saturated heterocycles. The Labute approximate surface area is 107 Å². The van der Waals surface area contributed by atoms with Gasteiger partial charge in [-0.3, -0.25) is 9.48 Å². The second-order valence-electron chi connectivity index (χ2n) is 5.12. The molecule has 5 nitrogen and oxygen atoms in total. The molecule has 1 atom stereocenters. The molecule has 1 aromatic rings. The van der Waals surface area contributed by atoms with Crippen LogP contribution >= 0.6 is 0 Å². The number of aromatic nitrogens is 2. The summed E-state index contributed by atoms with van der Waals surface area (Å²) in [5.41, 5.74) is 1.58. The van der Waals surface area contributed by atoms with Gasteiger partial charge in [0.05, 0.1) is 11.8 Å². The largest absolute Gasteiger partial charge is 0.391 e. The molecule has 0 bridgehead atoms. The summed E-state index contributed by atoms with van der Waals surface area (Å²) in [6.07, 6.45) is 0.291. The Bertz CT molecular complexity index is 439. The van der Waals surface area contributed by atoms with Crippen molar-refractivity contribution < 1.29 is 9.90 Å². The van der Waals surface area contributed by atoms with Gasteiger partial charge in [-0.25, -0.2) is 0 Å². The molecule has 1 aliphatic rings. The highest BCUT2D eigenvalue weighted by Gasteiger charge is 2.28. The highest BCUT2D eigenvalue weighted by Crippen LogP contribution is 2.18. The lowest BCUT2D eigenvalue weighted by atomic mass is 10.1. The van der Waals surface area contributed by atoms with Crippen LogP contribution in [0.3, 0.4) is 0 Å². The van der Waals surface area contributed by atoms with Crippen molar-refractivity contribution in [3.05, 3.63) is 17.5 Å². The predicted octanol–water partition coefficient (Wildman–Crippen LogP) is 1.23. The van der Waals surface area contributed by atoms with Gasteiger partial charge in [-0.05, 0) is 25.3 Å². The molecule has 5 heteroatoms. The number of carbonyl (C=O) groups is 1. The number of carbonyl (C=O) groups excluding carboxylic acids is 1. The van der Waals surface area contributed by atoms with Gasteiger partial charge >= 0.3 is 0 Å². The van der Waals surface area contributed by atoms with E-state index < -0.39 is 0 Å². The van der Waals surface area contributed by atoms with Crippen molar-refractivity contribution >= 4 is 5.91 Å². The van der Waals surface area contributed by atoms with Crippen LogP contribution in [0.15, 0.2) is 6.07 Å². The molecule has 2 heterocycles. The molecule has 0 aliphatic carbocycles. The third-order valence-electron chi connectivity index (χ3n) is 3.36. The van der Waals surface area contributed by atoms with Crippen LogP contribution in [0.4, 0.5) is 0 Å². The molecular formula is C13H21N3O2. The molecular weight excluding hydrogens is 230 g/mol. The zero-order valence-corrected chi connectivity index (χ0v) is 11.3. The summed E-state index contributed by atoms with van der Waals surface area (Å²) in [6.45, 7) is 7.86. The van der Waals surface area contributed by atoms with E-state index in [4.69, 9.17) is 0 Å². The number of aryl methyl sites for hydroxylation is 1. The number of rotatable bonds is 3. The molecule has 1 aromatic heterocycles. The van der Waals surface area contributed by atoms with Crippen LogP contribution in [0.2, 0.25) is 0 Å². The summed E-state index contributed by atoms with van der Waals surface area (Å²) >= 11 is 0. The van der Waals surface area contributed by atoms with Crippen molar-refractivity contribution in [3.8, 4) is 0 Å². The maximum Gasteiger partial charge on any atom is 0.272 e. The molecule has 2 rings (SSSR count).